The summed E-state index contributed by atoms with van der Waals surface area (Å²) in [7, 11) is 3.59. The second kappa shape index (κ2) is 6.11. The summed E-state index contributed by atoms with van der Waals surface area (Å²) < 4.78 is 4.85. The molecule has 1 fully saturated rings. The Hall–Kier alpha value is -0.480. The molecule has 1 aliphatic heterocycles. The Morgan fingerprint density at radius 2 is 2.11 bits per heavy atom. The first kappa shape index (κ1) is 15.6. The van der Waals surface area contributed by atoms with Crippen molar-refractivity contribution in [1.29, 1.82) is 0 Å². The maximum atomic E-state index is 11.7. The molecule has 1 saturated heterocycles. The standard InChI is InChI=1S/C14H25NO2S/c1-10(2)12(13(16)17-6)8-7-11-9-18-14(3,4)15(11)5/h7-8,10-12H,9H2,1-6H3/b8-7+/t11-,12+/m1/s1. The maximum absolute atomic E-state index is 11.7. The third-order valence-electron chi connectivity index (χ3n) is 3.69. The lowest BCUT2D eigenvalue weighted by atomic mass is 9.95. The monoisotopic (exact) mass is 271 g/mol. The predicted molar refractivity (Wildman–Crippen MR) is 77.6 cm³/mol. The summed E-state index contributed by atoms with van der Waals surface area (Å²) in [4.78, 5) is 14.2. The van der Waals surface area contributed by atoms with Gasteiger partial charge in [0.1, 0.15) is 0 Å². The summed E-state index contributed by atoms with van der Waals surface area (Å²) in [5.74, 6) is 1.05. The Morgan fingerprint density at radius 1 is 1.50 bits per heavy atom. The van der Waals surface area contributed by atoms with Gasteiger partial charge in [-0.1, -0.05) is 26.0 Å². The van der Waals surface area contributed by atoms with Crippen molar-refractivity contribution in [3.63, 3.8) is 0 Å². The van der Waals surface area contributed by atoms with Gasteiger partial charge in [0.2, 0.25) is 0 Å². The number of ether oxygens (including phenoxy) is 1. The zero-order valence-corrected chi connectivity index (χ0v) is 13.1. The molecule has 0 aromatic rings. The molecule has 18 heavy (non-hydrogen) atoms. The van der Waals surface area contributed by atoms with Crippen molar-refractivity contribution >= 4 is 17.7 Å². The minimum atomic E-state index is -0.145. The number of carbonyl (C=O) groups is 1. The fourth-order valence-electron chi connectivity index (χ4n) is 2.04. The highest BCUT2D eigenvalue weighted by molar-refractivity contribution is 8.00. The third-order valence-corrected chi connectivity index (χ3v) is 5.19. The van der Waals surface area contributed by atoms with Crippen LogP contribution < -0.4 is 0 Å². The zero-order valence-electron chi connectivity index (χ0n) is 12.3. The Labute approximate surface area is 115 Å². The second-order valence-electron chi connectivity index (χ2n) is 5.61. The average Bonchev–Trinajstić information content (AvgIpc) is 2.55. The Morgan fingerprint density at radius 3 is 2.50 bits per heavy atom. The second-order valence-corrected chi connectivity index (χ2v) is 7.23. The molecule has 1 rings (SSSR count). The number of likely N-dealkylation sites (N-methyl/N-ethyl adjacent to an activating group) is 1. The molecule has 0 aromatic heterocycles. The molecule has 4 heteroatoms. The van der Waals surface area contributed by atoms with Gasteiger partial charge in [0.15, 0.2) is 0 Å². The van der Waals surface area contributed by atoms with Crippen molar-refractivity contribution in [2.75, 3.05) is 19.9 Å². The Kier molecular flexibility index (Phi) is 5.29. The summed E-state index contributed by atoms with van der Waals surface area (Å²) >= 11 is 1.95. The van der Waals surface area contributed by atoms with Gasteiger partial charge in [-0.2, -0.15) is 0 Å². The third kappa shape index (κ3) is 3.51. The van der Waals surface area contributed by atoms with Crippen LogP contribution in [0.1, 0.15) is 27.7 Å². The van der Waals surface area contributed by atoms with Crippen molar-refractivity contribution in [3.05, 3.63) is 12.2 Å². The van der Waals surface area contributed by atoms with E-state index >= 15 is 0 Å². The lowest BCUT2D eigenvalue weighted by Crippen LogP contribution is -2.38. The minimum Gasteiger partial charge on any atom is -0.469 e. The SMILES string of the molecule is COC(=O)[C@@H](/C=C/[C@@H]1CSC(C)(C)N1C)C(C)C. The summed E-state index contributed by atoms with van der Waals surface area (Å²) in [6.07, 6.45) is 4.17. The number of carbonyl (C=O) groups excluding carboxylic acids is 1. The van der Waals surface area contributed by atoms with E-state index < -0.39 is 0 Å². The fraction of sp³-hybridized carbons (Fsp3) is 0.786. The van der Waals surface area contributed by atoms with E-state index in [1.54, 1.807) is 0 Å². The summed E-state index contributed by atoms with van der Waals surface area (Å²) in [6.45, 7) is 8.55. The minimum absolute atomic E-state index is 0.142. The zero-order chi connectivity index (χ0) is 13.9. The molecular weight excluding hydrogens is 246 g/mol. The predicted octanol–water partition coefficient (Wildman–Crippen LogP) is 2.77. The number of hydrogen-bond acceptors (Lipinski definition) is 4. The average molecular weight is 271 g/mol. The number of nitrogens with zero attached hydrogens (tertiary/aromatic N) is 1. The number of rotatable bonds is 4. The van der Waals surface area contributed by atoms with Gasteiger partial charge in [-0.05, 0) is 26.8 Å². The van der Waals surface area contributed by atoms with Gasteiger partial charge in [0, 0.05) is 11.8 Å². The first-order chi connectivity index (χ1) is 8.29. The molecule has 0 radical (unpaired) electrons. The van der Waals surface area contributed by atoms with Crippen LogP contribution in [0, 0.1) is 11.8 Å². The van der Waals surface area contributed by atoms with Crippen LogP contribution in [-0.2, 0) is 9.53 Å². The van der Waals surface area contributed by atoms with Gasteiger partial charge in [-0.3, -0.25) is 9.69 Å². The molecule has 1 aliphatic rings. The first-order valence-electron chi connectivity index (χ1n) is 6.42. The van der Waals surface area contributed by atoms with E-state index in [9.17, 15) is 4.79 Å². The first-order valence-corrected chi connectivity index (χ1v) is 7.41. The highest BCUT2D eigenvalue weighted by atomic mass is 32.2. The normalized spacial score (nSPS) is 25.8. The van der Waals surface area contributed by atoms with Gasteiger partial charge in [0.25, 0.3) is 0 Å². The van der Waals surface area contributed by atoms with Crippen LogP contribution in [-0.4, -0.2) is 41.7 Å². The largest absolute Gasteiger partial charge is 0.469 e. The van der Waals surface area contributed by atoms with E-state index in [0.29, 0.717) is 6.04 Å². The molecular formula is C14H25NO2S. The molecule has 0 N–H and O–H groups in total. The Bertz CT molecular complexity index is 326. The molecule has 2 atom stereocenters. The Balaban J connectivity index is 2.71. The summed E-state index contributed by atoms with van der Waals surface area (Å²) in [5, 5.41) is 0. The topological polar surface area (TPSA) is 29.5 Å². The lowest BCUT2D eigenvalue weighted by molar-refractivity contribution is -0.145. The smallest absolute Gasteiger partial charge is 0.312 e. The maximum Gasteiger partial charge on any atom is 0.312 e. The van der Waals surface area contributed by atoms with E-state index in [0.717, 1.165) is 5.75 Å². The molecule has 1 heterocycles. The summed E-state index contributed by atoms with van der Waals surface area (Å²) in [5.41, 5.74) is 0. The van der Waals surface area contributed by atoms with Crippen LogP contribution in [0.4, 0.5) is 0 Å². The molecule has 3 nitrogen and oxygen atoms in total. The van der Waals surface area contributed by atoms with E-state index in [1.807, 2.05) is 31.7 Å². The van der Waals surface area contributed by atoms with Crippen molar-refractivity contribution in [2.45, 2.75) is 38.6 Å². The van der Waals surface area contributed by atoms with Gasteiger partial charge in [-0.15, -0.1) is 11.8 Å². The molecule has 0 spiro atoms. The molecule has 0 saturated carbocycles. The number of hydrogen-bond donors (Lipinski definition) is 0. The molecule has 0 amide bonds. The summed E-state index contributed by atoms with van der Waals surface area (Å²) in [6, 6.07) is 0.399. The van der Waals surface area contributed by atoms with Gasteiger partial charge < -0.3 is 4.74 Å². The van der Waals surface area contributed by atoms with Gasteiger partial charge in [0.05, 0.1) is 17.9 Å². The van der Waals surface area contributed by atoms with E-state index in [-0.39, 0.29) is 22.7 Å². The van der Waals surface area contributed by atoms with E-state index in [1.165, 1.54) is 7.11 Å². The van der Waals surface area contributed by atoms with Crippen LogP contribution in [0.25, 0.3) is 0 Å². The van der Waals surface area contributed by atoms with Gasteiger partial charge >= 0.3 is 5.97 Å². The molecule has 0 unspecified atom stereocenters. The molecule has 104 valence electrons. The van der Waals surface area contributed by atoms with Crippen LogP contribution in [0.2, 0.25) is 0 Å². The number of esters is 1. The lowest BCUT2D eigenvalue weighted by Gasteiger charge is -2.29. The van der Waals surface area contributed by atoms with Crippen molar-refractivity contribution in [1.82, 2.24) is 4.90 Å². The molecule has 0 aromatic carbocycles. The van der Waals surface area contributed by atoms with Crippen molar-refractivity contribution in [2.24, 2.45) is 11.8 Å². The van der Waals surface area contributed by atoms with Crippen LogP contribution in [0.3, 0.4) is 0 Å². The van der Waals surface area contributed by atoms with Crippen LogP contribution in [0.15, 0.2) is 12.2 Å². The quantitative estimate of drug-likeness (QED) is 0.581. The molecule has 0 bridgehead atoms. The van der Waals surface area contributed by atoms with Crippen LogP contribution >= 0.6 is 11.8 Å². The number of methoxy groups -OCH3 is 1. The van der Waals surface area contributed by atoms with E-state index in [4.69, 9.17) is 4.74 Å². The fourth-order valence-corrected chi connectivity index (χ4v) is 3.30. The van der Waals surface area contributed by atoms with Crippen molar-refractivity contribution < 1.29 is 9.53 Å². The highest BCUT2D eigenvalue weighted by Gasteiger charge is 2.36. The van der Waals surface area contributed by atoms with Crippen molar-refractivity contribution in [3.8, 4) is 0 Å². The van der Waals surface area contributed by atoms with Gasteiger partial charge in [-0.25, -0.2) is 0 Å². The highest BCUT2D eigenvalue weighted by Crippen LogP contribution is 2.37. The van der Waals surface area contributed by atoms with E-state index in [2.05, 4.69) is 31.9 Å². The molecule has 0 aliphatic carbocycles. The van der Waals surface area contributed by atoms with Crippen LogP contribution in [0.5, 0.6) is 0 Å². The number of thioether (sulfide) groups is 1.